The van der Waals surface area contributed by atoms with Crippen LogP contribution in [-0.2, 0) is 6.54 Å². The molecule has 5 heteroatoms. The van der Waals surface area contributed by atoms with Gasteiger partial charge in [-0.1, -0.05) is 0 Å². The smallest absolute Gasteiger partial charge is 0.268 e. The Morgan fingerprint density at radius 2 is 2.00 bits per heavy atom. The number of aromatic nitrogens is 1. The molecule has 1 aromatic heterocycles. The largest absolute Gasteiger partial charge is 0.497 e. The molecule has 1 aliphatic rings. The third kappa shape index (κ3) is 3.66. The summed E-state index contributed by atoms with van der Waals surface area (Å²) in [6, 6.07) is 8.77. The maximum absolute atomic E-state index is 12.9. The molecule has 25 heavy (non-hydrogen) atoms. The van der Waals surface area contributed by atoms with Gasteiger partial charge in [-0.3, -0.25) is 4.79 Å². The number of methoxy groups -OCH3 is 1. The van der Waals surface area contributed by atoms with Crippen LogP contribution in [0.15, 0.2) is 24.3 Å². The maximum Gasteiger partial charge on any atom is 0.268 e. The molecule has 0 saturated carbocycles. The van der Waals surface area contributed by atoms with Crippen molar-refractivity contribution in [3.8, 4) is 5.75 Å². The van der Waals surface area contributed by atoms with Gasteiger partial charge < -0.3 is 19.5 Å². The Hall–Kier alpha value is -2.01. The van der Waals surface area contributed by atoms with E-state index in [-0.39, 0.29) is 11.9 Å². The molecule has 1 aromatic carbocycles. The highest BCUT2D eigenvalue weighted by Crippen LogP contribution is 2.25. The number of hydrogen-bond donors (Lipinski definition) is 1. The van der Waals surface area contributed by atoms with Crippen LogP contribution in [0.5, 0.6) is 5.75 Å². The predicted molar refractivity (Wildman–Crippen MR) is 101 cm³/mol. The number of amides is 1. The third-order valence-corrected chi connectivity index (χ3v) is 5.26. The normalized spacial score (nSPS) is 16.5. The molecular weight excluding hydrogens is 314 g/mol. The van der Waals surface area contributed by atoms with Crippen molar-refractivity contribution in [3.63, 3.8) is 0 Å². The van der Waals surface area contributed by atoms with E-state index >= 15 is 0 Å². The van der Waals surface area contributed by atoms with Gasteiger partial charge in [0.1, 0.15) is 11.4 Å². The lowest BCUT2D eigenvalue weighted by atomic mass is 10.0. The van der Waals surface area contributed by atoms with E-state index in [4.69, 9.17) is 4.74 Å². The summed E-state index contributed by atoms with van der Waals surface area (Å²) >= 11 is 0. The number of carbonyl (C=O) groups excluding carboxylic acids is 1. The van der Waals surface area contributed by atoms with Gasteiger partial charge in [0.25, 0.3) is 5.91 Å². The van der Waals surface area contributed by atoms with E-state index in [0.29, 0.717) is 6.04 Å². The first kappa shape index (κ1) is 17.8. The van der Waals surface area contributed by atoms with Crippen LogP contribution < -0.4 is 10.1 Å². The predicted octanol–water partition coefficient (Wildman–Crippen LogP) is 3.27. The number of likely N-dealkylation sites (tertiary alicyclic amines) is 1. The zero-order chi connectivity index (χ0) is 18.0. The summed E-state index contributed by atoms with van der Waals surface area (Å²) in [7, 11) is 1.66. The van der Waals surface area contributed by atoms with E-state index in [9.17, 15) is 4.79 Å². The molecule has 1 saturated heterocycles. The van der Waals surface area contributed by atoms with E-state index in [1.165, 1.54) is 0 Å². The number of fused-ring (bicyclic) bond motifs is 1. The number of aryl methyl sites for hydroxylation is 1. The second-order valence-corrected chi connectivity index (χ2v) is 7.08. The van der Waals surface area contributed by atoms with Gasteiger partial charge in [-0.15, -0.1) is 0 Å². The lowest BCUT2D eigenvalue weighted by molar-refractivity contribution is 0.0892. The minimum atomic E-state index is 0.0278. The van der Waals surface area contributed by atoms with E-state index in [0.717, 1.165) is 54.8 Å². The molecular formula is C20H29N3O2. The summed E-state index contributed by atoms with van der Waals surface area (Å²) < 4.78 is 7.39. The Balaban J connectivity index is 1.76. The molecule has 5 nitrogen and oxygen atoms in total. The van der Waals surface area contributed by atoms with Crippen molar-refractivity contribution in [1.82, 2.24) is 14.8 Å². The third-order valence-electron chi connectivity index (χ3n) is 5.26. The van der Waals surface area contributed by atoms with Gasteiger partial charge in [-0.2, -0.15) is 0 Å². The zero-order valence-electron chi connectivity index (χ0n) is 15.7. The number of nitrogens with zero attached hydrogens (tertiary/aromatic N) is 2. The first-order valence-electron chi connectivity index (χ1n) is 9.25. The molecule has 0 aliphatic carbocycles. The average Bonchev–Trinajstić information content (AvgIpc) is 2.99. The minimum Gasteiger partial charge on any atom is -0.497 e. The van der Waals surface area contributed by atoms with Crippen LogP contribution in [0.4, 0.5) is 0 Å². The SMILES string of the molecule is CCn1c(C(=O)NC2CCN(C(C)C)CC2)cc2ccc(OC)cc21. The number of ether oxygens (including phenoxy) is 1. The molecule has 0 atom stereocenters. The highest BCUT2D eigenvalue weighted by atomic mass is 16.5. The molecule has 136 valence electrons. The highest BCUT2D eigenvalue weighted by Gasteiger charge is 2.24. The molecule has 1 fully saturated rings. The zero-order valence-corrected chi connectivity index (χ0v) is 15.7. The molecule has 2 aromatic rings. The maximum atomic E-state index is 12.9. The Morgan fingerprint density at radius 3 is 2.60 bits per heavy atom. The quantitative estimate of drug-likeness (QED) is 0.906. The lowest BCUT2D eigenvalue weighted by Crippen LogP contribution is -2.46. The van der Waals surface area contributed by atoms with Crippen molar-refractivity contribution in [2.24, 2.45) is 0 Å². The van der Waals surface area contributed by atoms with Gasteiger partial charge >= 0.3 is 0 Å². The van der Waals surface area contributed by atoms with E-state index in [1.54, 1.807) is 7.11 Å². The lowest BCUT2D eigenvalue weighted by Gasteiger charge is -2.34. The van der Waals surface area contributed by atoms with Crippen LogP contribution in [0, 0.1) is 0 Å². The van der Waals surface area contributed by atoms with Gasteiger partial charge in [-0.05, 0) is 51.8 Å². The number of rotatable bonds is 5. The fourth-order valence-electron chi connectivity index (χ4n) is 3.71. The molecule has 1 amide bonds. The number of carbonyl (C=O) groups is 1. The van der Waals surface area contributed by atoms with Crippen LogP contribution in [0.3, 0.4) is 0 Å². The van der Waals surface area contributed by atoms with Crippen LogP contribution >= 0.6 is 0 Å². The van der Waals surface area contributed by atoms with E-state index in [1.807, 2.05) is 24.3 Å². The van der Waals surface area contributed by atoms with Crippen LogP contribution in [-0.4, -0.2) is 47.7 Å². The topological polar surface area (TPSA) is 46.5 Å². The fraction of sp³-hybridized carbons (Fsp3) is 0.550. The van der Waals surface area contributed by atoms with Crippen LogP contribution in [0.25, 0.3) is 10.9 Å². The molecule has 1 N–H and O–H groups in total. The summed E-state index contributed by atoms with van der Waals surface area (Å²) in [4.78, 5) is 15.3. The Kier molecular flexibility index (Phi) is 5.33. The Labute approximate surface area is 149 Å². The summed E-state index contributed by atoms with van der Waals surface area (Å²) in [5, 5.41) is 4.31. The molecule has 1 aliphatic heterocycles. The summed E-state index contributed by atoms with van der Waals surface area (Å²) in [5.41, 5.74) is 1.78. The van der Waals surface area contributed by atoms with E-state index < -0.39 is 0 Å². The highest BCUT2D eigenvalue weighted by molar-refractivity contribution is 5.99. The Morgan fingerprint density at radius 1 is 1.28 bits per heavy atom. The first-order valence-corrected chi connectivity index (χ1v) is 9.25. The molecule has 2 heterocycles. The van der Waals surface area contributed by atoms with Crippen LogP contribution in [0.1, 0.15) is 44.1 Å². The molecule has 0 radical (unpaired) electrons. The molecule has 0 spiro atoms. The number of benzene rings is 1. The van der Waals surface area contributed by atoms with Gasteiger partial charge in [-0.25, -0.2) is 0 Å². The van der Waals surface area contributed by atoms with Gasteiger partial charge in [0.2, 0.25) is 0 Å². The number of hydrogen-bond acceptors (Lipinski definition) is 3. The second-order valence-electron chi connectivity index (χ2n) is 7.08. The summed E-state index contributed by atoms with van der Waals surface area (Å²) in [6.45, 7) is 9.38. The van der Waals surface area contributed by atoms with Gasteiger partial charge in [0.15, 0.2) is 0 Å². The van der Waals surface area contributed by atoms with Crippen molar-refractivity contribution in [1.29, 1.82) is 0 Å². The van der Waals surface area contributed by atoms with Crippen molar-refractivity contribution < 1.29 is 9.53 Å². The van der Waals surface area contributed by atoms with Crippen molar-refractivity contribution in [2.45, 2.75) is 52.2 Å². The van der Waals surface area contributed by atoms with Gasteiger partial charge in [0, 0.05) is 43.2 Å². The molecule has 0 unspecified atom stereocenters. The monoisotopic (exact) mass is 343 g/mol. The Bertz CT molecular complexity index is 743. The minimum absolute atomic E-state index is 0.0278. The van der Waals surface area contributed by atoms with Gasteiger partial charge in [0.05, 0.1) is 12.6 Å². The fourth-order valence-corrected chi connectivity index (χ4v) is 3.71. The number of piperidine rings is 1. The second kappa shape index (κ2) is 7.48. The van der Waals surface area contributed by atoms with Crippen molar-refractivity contribution >= 4 is 16.8 Å². The van der Waals surface area contributed by atoms with E-state index in [2.05, 4.69) is 35.6 Å². The summed E-state index contributed by atoms with van der Waals surface area (Å²) in [6.07, 6.45) is 2.04. The van der Waals surface area contributed by atoms with Crippen molar-refractivity contribution in [3.05, 3.63) is 30.0 Å². The standard InChI is InChI=1S/C20H29N3O2/c1-5-23-18-13-17(25-4)7-6-15(18)12-19(23)20(24)21-16-8-10-22(11-9-16)14(2)3/h6-7,12-14,16H,5,8-11H2,1-4H3,(H,21,24). The molecule has 3 rings (SSSR count). The molecule has 0 bridgehead atoms. The van der Waals surface area contributed by atoms with Crippen molar-refractivity contribution in [2.75, 3.05) is 20.2 Å². The number of nitrogens with one attached hydrogen (secondary N) is 1. The van der Waals surface area contributed by atoms with Crippen LogP contribution in [0.2, 0.25) is 0 Å². The average molecular weight is 343 g/mol. The summed E-state index contributed by atoms with van der Waals surface area (Å²) in [5.74, 6) is 0.841. The first-order chi connectivity index (χ1) is 12.0.